The molecule has 0 aromatic heterocycles. The summed E-state index contributed by atoms with van der Waals surface area (Å²) in [6.45, 7) is 2.51. The lowest BCUT2D eigenvalue weighted by Crippen LogP contribution is -2.44. The predicted molar refractivity (Wildman–Crippen MR) is 67.0 cm³/mol. The van der Waals surface area contributed by atoms with Gasteiger partial charge in [0.1, 0.15) is 0 Å². The van der Waals surface area contributed by atoms with E-state index in [0.717, 1.165) is 39.0 Å². The van der Waals surface area contributed by atoms with Gasteiger partial charge in [0.15, 0.2) is 0 Å². The lowest BCUT2D eigenvalue weighted by atomic mass is 9.96. The summed E-state index contributed by atoms with van der Waals surface area (Å²) >= 11 is 0. The molecule has 2 amide bonds. The van der Waals surface area contributed by atoms with Crippen LogP contribution in [0.4, 0.5) is 4.79 Å². The zero-order valence-corrected chi connectivity index (χ0v) is 10.8. The minimum atomic E-state index is 0.135. The van der Waals surface area contributed by atoms with Crippen molar-refractivity contribution in [2.24, 2.45) is 5.92 Å². The highest BCUT2D eigenvalue weighted by Gasteiger charge is 2.27. The Balaban J connectivity index is 1.72. The van der Waals surface area contributed by atoms with Crippen molar-refractivity contribution < 1.29 is 9.53 Å². The Bertz CT molecular complexity index is 252. The highest BCUT2D eigenvalue weighted by atomic mass is 16.5. The minimum absolute atomic E-state index is 0.135. The van der Waals surface area contributed by atoms with Gasteiger partial charge in [-0.05, 0) is 19.3 Å². The molecule has 0 spiro atoms. The largest absolute Gasteiger partial charge is 0.384 e. The zero-order valence-electron chi connectivity index (χ0n) is 10.8. The van der Waals surface area contributed by atoms with Crippen LogP contribution in [0.3, 0.4) is 0 Å². The van der Waals surface area contributed by atoms with Crippen LogP contribution in [0.1, 0.15) is 38.5 Å². The first-order chi connectivity index (χ1) is 8.29. The minimum Gasteiger partial charge on any atom is -0.384 e. The summed E-state index contributed by atoms with van der Waals surface area (Å²) in [5.74, 6) is 0.525. The average Bonchev–Trinajstić information content (AvgIpc) is 2.79. The molecule has 4 heteroatoms. The number of urea groups is 1. The van der Waals surface area contributed by atoms with E-state index in [1.54, 1.807) is 7.11 Å². The molecule has 1 atom stereocenters. The highest BCUT2D eigenvalue weighted by molar-refractivity contribution is 5.74. The van der Waals surface area contributed by atoms with Gasteiger partial charge in [-0.15, -0.1) is 0 Å². The molecule has 17 heavy (non-hydrogen) atoms. The fourth-order valence-electron chi connectivity index (χ4n) is 2.90. The Morgan fingerprint density at radius 3 is 2.76 bits per heavy atom. The number of amides is 2. The fourth-order valence-corrected chi connectivity index (χ4v) is 2.90. The predicted octanol–water partition coefficient (Wildman–Crippen LogP) is 2.00. The van der Waals surface area contributed by atoms with Crippen molar-refractivity contribution in [1.29, 1.82) is 0 Å². The van der Waals surface area contributed by atoms with E-state index in [2.05, 4.69) is 5.32 Å². The molecule has 0 aromatic rings. The quantitative estimate of drug-likeness (QED) is 0.819. The van der Waals surface area contributed by atoms with Gasteiger partial charge in [-0.25, -0.2) is 4.79 Å². The Kier molecular flexibility index (Phi) is 4.66. The first kappa shape index (κ1) is 12.7. The average molecular weight is 240 g/mol. The van der Waals surface area contributed by atoms with Gasteiger partial charge in [-0.1, -0.05) is 19.3 Å². The van der Waals surface area contributed by atoms with Crippen LogP contribution in [-0.4, -0.2) is 43.8 Å². The van der Waals surface area contributed by atoms with Crippen LogP contribution in [0.2, 0.25) is 0 Å². The van der Waals surface area contributed by atoms with E-state index < -0.39 is 0 Å². The number of likely N-dealkylation sites (tertiary alicyclic amines) is 1. The molecule has 2 rings (SSSR count). The van der Waals surface area contributed by atoms with Crippen molar-refractivity contribution in [2.45, 2.75) is 44.6 Å². The van der Waals surface area contributed by atoms with Crippen molar-refractivity contribution in [3.8, 4) is 0 Å². The van der Waals surface area contributed by atoms with Gasteiger partial charge in [0, 0.05) is 32.2 Å². The van der Waals surface area contributed by atoms with Crippen LogP contribution in [0.25, 0.3) is 0 Å². The Morgan fingerprint density at radius 1 is 1.29 bits per heavy atom. The molecular formula is C13H24N2O2. The number of hydrogen-bond donors (Lipinski definition) is 1. The van der Waals surface area contributed by atoms with Crippen LogP contribution in [0.5, 0.6) is 0 Å². The van der Waals surface area contributed by atoms with Gasteiger partial charge in [0.05, 0.1) is 6.61 Å². The molecule has 1 unspecified atom stereocenters. The SMILES string of the molecule is COCC1CCN(C(=O)NC2CCCCC2)C1. The summed E-state index contributed by atoms with van der Waals surface area (Å²) in [5, 5.41) is 3.17. The first-order valence-electron chi connectivity index (χ1n) is 6.84. The standard InChI is InChI=1S/C13H24N2O2/c1-17-10-11-7-8-15(9-11)13(16)14-12-5-3-2-4-6-12/h11-12H,2-10H2,1H3,(H,14,16). The number of carbonyl (C=O) groups is 1. The molecule has 1 saturated carbocycles. The number of hydrogen-bond acceptors (Lipinski definition) is 2. The summed E-state index contributed by atoms with van der Waals surface area (Å²) in [5.41, 5.74) is 0. The van der Waals surface area contributed by atoms with Gasteiger partial charge < -0.3 is 15.0 Å². The van der Waals surface area contributed by atoms with E-state index in [0.29, 0.717) is 12.0 Å². The molecule has 1 saturated heterocycles. The molecular weight excluding hydrogens is 216 g/mol. The molecule has 1 aliphatic carbocycles. The third-order valence-electron chi connectivity index (χ3n) is 3.91. The van der Waals surface area contributed by atoms with Crippen LogP contribution in [-0.2, 0) is 4.74 Å². The van der Waals surface area contributed by atoms with Crippen molar-refractivity contribution in [2.75, 3.05) is 26.8 Å². The van der Waals surface area contributed by atoms with E-state index in [4.69, 9.17) is 4.74 Å². The van der Waals surface area contributed by atoms with E-state index in [9.17, 15) is 4.79 Å². The molecule has 2 fully saturated rings. The normalized spacial score (nSPS) is 26.2. The molecule has 0 bridgehead atoms. The van der Waals surface area contributed by atoms with Gasteiger partial charge in [0.2, 0.25) is 0 Å². The van der Waals surface area contributed by atoms with Crippen molar-refractivity contribution in [1.82, 2.24) is 10.2 Å². The third kappa shape index (κ3) is 3.60. The molecule has 4 nitrogen and oxygen atoms in total. The molecule has 1 heterocycles. The monoisotopic (exact) mass is 240 g/mol. The maximum atomic E-state index is 12.0. The molecule has 1 aliphatic heterocycles. The summed E-state index contributed by atoms with van der Waals surface area (Å²) in [7, 11) is 1.73. The smallest absolute Gasteiger partial charge is 0.317 e. The van der Waals surface area contributed by atoms with Gasteiger partial charge in [-0.2, -0.15) is 0 Å². The second-order valence-electron chi connectivity index (χ2n) is 5.34. The lowest BCUT2D eigenvalue weighted by molar-refractivity contribution is 0.152. The number of carbonyl (C=O) groups excluding carboxylic acids is 1. The van der Waals surface area contributed by atoms with Gasteiger partial charge in [-0.3, -0.25) is 0 Å². The fraction of sp³-hybridized carbons (Fsp3) is 0.923. The Morgan fingerprint density at radius 2 is 2.06 bits per heavy atom. The van der Waals surface area contributed by atoms with Crippen LogP contribution < -0.4 is 5.32 Å². The summed E-state index contributed by atoms with van der Waals surface area (Å²) in [4.78, 5) is 14.0. The molecule has 98 valence electrons. The first-order valence-corrected chi connectivity index (χ1v) is 6.84. The lowest BCUT2D eigenvalue weighted by Gasteiger charge is -2.26. The Labute approximate surface area is 104 Å². The number of nitrogens with one attached hydrogen (secondary N) is 1. The van der Waals surface area contributed by atoms with E-state index in [1.165, 1.54) is 19.3 Å². The summed E-state index contributed by atoms with van der Waals surface area (Å²) in [6.07, 6.45) is 7.23. The molecule has 0 aromatic carbocycles. The van der Waals surface area contributed by atoms with Crippen molar-refractivity contribution >= 4 is 6.03 Å². The third-order valence-corrected chi connectivity index (χ3v) is 3.91. The van der Waals surface area contributed by atoms with Gasteiger partial charge >= 0.3 is 6.03 Å². The number of methoxy groups -OCH3 is 1. The van der Waals surface area contributed by atoms with E-state index in [1.807, 2.05) is 4.90 Å². The van der Waals surface area contributed by atoms with Crippen molar-refractivity contribution in [3.63, 3.8) is 0 Å². The van der Waals surface area contributed by atoms with E-state index >= 15 is 0 Å². The Hall–Kier alpha value is -0.770. The van der Waals surface area contributed by atoms with Crippen LogP contribution in [0, 0.1) is 5.92 Å². The van der Waals surface area contributed by atoms with Crippen LogP contribution >= 0.6 is 0 Å². The zero-order chi connectivity index (χ0) is 12.1. The number of ether oxygens (including phenoxy) is 1. The summed E-state index contributed by atoms with van der Waals surface area (Å²) < 4.78 is 5.15. The maximum absolute atomic E-state index is 12.0. The maximum Gasteiger partial charge on any atom is 0.317 e. The second-order valence-corrected chi connectivity index (χ2v) is 5.34. The molecule has 2 aliphatic rings. The van der Waals surface area contributed by atoms with Crippen molar-refractivity contribution in [3.05, 3.63) is 0 Å². The van der Waals surface area contributed by atoms with Gasteiger partial charge in [0.25, 0.3) is 0 Å². The highest BCUT2D eigenvalue weighted by Crippen LogP contribution is 2.19. The van der Waals surface area contributed by atoms with E-state index in [-0.39, 0.29) is 6.03 Å². The second kappa shape index (κ2) is 6.24. The summed E-state index contributed by atoms with van der Waals surface area (Å²) in [6, 6.07) is 0.549. The number of rotatable bonds is 3. The molecule has 1 N–H and O–H groups in total. The van der Waals surface area contributed by atoms with Crippen LogP contribution in [0.15, 0.2) is 0 Å². The molecule has 0 radical (unpaired) electrons. The number of nitrogens with zero attached hydrogens (tertiary/aromatic N) is 1. The topological polar surface area (TPSA) is 41.6 Å².